The van der Waals surface area contributed by atoms with E-state index in [4.69, 9.17) is 21.1 Å². The van der Waals surface area contributed by atoms with Crippen LogP contribution in [0.15, 0.2) is 22.1 Å². The van der Waals surface area contributed by atoms with E-state index in [0.29, 0.717) is 11.0 Å². The Morgan fingerprint density at radius 2 is 2.42 bits per heavy atom. The van der Waals surface area contributed by atoms with Crippen LogP contribution in [0.4, 0.5) is 0 Å². The van der Waals surface area contributed by atoms with Crippen LogP contribution < -0.4 is 0 Å². The zero-order chi connectivity index (χ0) is 8.97. The molecular formula is C9H11ClO2. The molecule has 0 amide bonds. The zero-order valence-corrected chi connectivity index (χ0v) is 7.64. The van der Waals surface area contributed by atoms with Gasteiger partial charge in [0.1, 0.15) is 5.76 Å². The quantitative estimate of drug-likeness (QED) is 0.788. The first-order chi connectivity index (χ1) is 5.76. The first-order valence-corrected chi connectivity index (χ1v) is 4.19. The highest BCUT2D eigenvalue weighted by molar-refractivity contribution is 6.28. The lowest BCUT2D eigenvalue weighted by atomic mass is 10.2. The lowest BCUT2D eigenvalue weighted by Crippen LogP contribution is -1.86. The highest BCUT2D eigenvalue weighted by atomic mass is 35.5. The molecule has 0 saturated carbocycles. The first kappa shape index (κ1) is 9.36. The second-order valence-electron chi connectivity index (χ2n) is 2.46. The molecule has 0 saturated heterocycles. The SMILES string of the molecule is CC/C(=C/c1ccc(Cl)o1)CO. The molecule has 0 unspecified atom stereocenters. The molecule has 0 aliphatic heterocycles. The van der Waals surface area contributed by atoms with Crippen LogP contribution in [0.3, 0.4) is 0 Å². The van der Waals surface area contributed by atoms with Gasteiger partial charge in [0.05, 0.1) is 6.61 Å². The first-order valence-electron chi connectivity index (χ1n) is 3.82. The van der Waals surface area contributed by atoms with Crippen LogP contribution in [0.5, 0.6) is 0 Å². The Labute approximate surface area is 76.5 Å². The summed E-state index contributed by atoms with van der Waals surface area (Å²) in [6.07, 6.45) is 2.61. The van der Waals surface area contributed by atoms with Crippen molar-refractivity contribution in [3.63, 3.8) is 0 Å². The molecule has 1 aromatic heterocycles. The number of halogens is 1. The van der Waals surface area contributed by atoms with Gasteiger partial charge in [0.2, 0.25) is 0 Å². The van der Waals surface area contributed by atoms with Gasteiger partial charge in [-0.1, -0.05) is 6.92 Å². The van der Waals surface area contributed by atoms with E-state index < -0.39 is 0 Å². The third-order valence-electron chi connectivity index (χ3n) is 1.60. The Morgan fingerprint density at radius 1 is 1.67 bits per heavy atom. The van der Waals surface area contributed by atoms with Crippen LogP contribution in [0, 0.1) is 0 Å². The molecule has 0 fully saturated rings. The van der Waals surface area contributed by atoms with Crippen LogP contribution in [-0.4, -0.2) is 11.7 Å². The van der Waals surface area contributed by atoms with Gasteiger partial charge in [0.25, 0.3) is 0 Å². The van der Waals surface area contributed by atoms with Crippen LogP contribution in [0.25, 0.3) is 6.08 Å². The molecule has 1 heterocycles. The summed E-state index contributed by atoms with van der Waals surface area (Å²) in [5.74, 6) is 0.686. The topological polar surface area (TPSA) is 33.4 Å². The number of aliphatic hydroxyl groups is 1. The second-order valence-corrected chi connectivity index (χ2v) is 2.83. The summed E-state index contributed by atoms with van der Waals surface area (Å²) >= 11 is 5.57. The Bertz CT molecular complexity index is 270. The summed E-state index contributed by atoms with van der Waals surface area (Å²) in [6, 6.07) is 3.45. The van der Waals surface area contributed by atoms with Gasteiger partial charge in [0, 0.05) is 0 Å². The minimum absolute atomic E-state index is 0.0643. The van der Waals surface area contributed by atoms with Gasteiger partial charge in [-0.2, -0.15) is 0 Å². The van der Waals surface area contributed by atoms with Crippen LogP contribution >= 0.6 is 11.6 Å². The Morgan fingerprint density at radius 3 is 2.83 bits per heavy atom. The van der Waals surface area contributed by atoms with Crippen LogP contribution in [0.1, 0.15) is 19.1 Å². The molecule has 1 N–H and O–H groups in total. The maximum absolute atomic E-state index is 8.85. The third-order valence-corrected chi connectivity index (χ3v) is 1.80. The van der Waals surface area contributed by atoms with Gasteiger partial charge in [0.15, 0.2) is 5.22 Å². The van der Waals surface area contributed by atoms with Gasteiger partial charge in [-0.25, -0.2) is 0 Å². The fourth-order valence-corrected chi connectivity index (χ4v) is 1.02. The van der Waals surface area contributed by atoms with Gasteiger partial charge >= 0.3 is 0 Å². The number of rotatable bonds is 3. The van der Waals surface area contributed by atoms with Crippen molar-refractivity contribution in [3.05, 3.63) is 28.7 Å². The van der Waals surface area contributed by atoms with Gasteiger partial charge in [-0.15, -0.1) is 0 Å². The fraction of sp³-hybridized carbons (Fsp3) is 0.333. The molecule has 0 aliphatic rings. The maximum atomic E-state index is 8.85. The average Bonchev–Trinajstić information content (AvgIpc) is 2.47. The Balaban J connectivity index is 2.78. The van der Waals surface area contributed by atoms with E-state index in [0.717, 1.165) is 12.0 Å². The average molecular weight is 187 g/mol. The molecular weight excluding hydrogens is 176 g/mol. The molecule has 3 heteroatoms. The van der Waals surface area contributed by atoms with E-state index in [1.54, 1.807) is 18.2 Å². The number of hydrogen-bond donors (Lipinski definition) is 1. The lowest BCUT2D eigenvalue weighted by molar-refractivity contribution is 0.328. The van der Waals surface area contributed by atoms with Gasteiger partial charge in [-0.05, 0) is 41.8 Å². The minimum atomic E-state index is 0.0643. The molecule has 0 aliphatic carbocycles. The maximum Gasteiger partial charge on any atom is 0.193 e. The summed E-state index contributed by atoms with van der Waals surface area (Å²) in [5, 5.41) is 9.22. The van der Waals surface area contributed by atoms with E-state index >= 15 is 0 Å². The van der Waals surface area contributed by atoms with Crippen molar-refractivity contribution in [3.8, 4) is 0 Å². The van der Waals surface area contributed by atoms with E-state index in [-0.39, 0.29) is 6.61 Å². The molecule has 0 radical (unpaired) electrons. The minimum Gasteiger partial charge on any atom is -0.445 e. The Hall–Kier alpha value is -0.730. The van der Waals surface area contributed by atoms with Crippen LogP contribution in [0.2, 0.25) is 5.22 Å². The number of hydrogen-bond acceptors (Lipinski definition) is 2. The highest BCUT2D eigenvalue weighted by Gasteiger charge is 1.97. The molecule has 0 aromatic carbocycles. The highest BCUT2D eigenvalue weighted by Crippen LogP contribution is 2.16. The molecule has 0 spiro atoms. The van der Waals surface area contributed by atoms with Crippen molar-refractivity contribution in [2.24, 2.45) is 0 Å². The molecule has 66 valence electrons. The van der Waals surface area contributed by atoms with Crippen molar-refractivity contribution in [2.75, 3.05) is 6.61 Å². The zero-order valence-electron chi connectivity index (χ0n) is 6.88. The lowest BCUT2D eigenvalue weighted by Gasteiger charge is -1.95. The predicted molar refractivity (Wildman–Crippen MR) is 49.1 cm³/mol. The standard InChI is InChI=1S/C9H11ClO2/c1-2-7(6-11)5-8-3-4-9(10)12-8/h3-5,11H,2,6H2,1H3/b7-5-. The molecule has 1 aromatic rings. The number of furan rings is 1. The molecule has 2 nitrogen and oxygen atoms in total. The number of aliphatic hydroxyl groups excluding tert-OH is 1. The largest absolute Gasteiger partial charge is 0.445 e. The summed E-state index contributed by atoms with van der Waals surface area (Å²) in [5.41, 5.74) is 0.931. The van der Waals surface area contributed by atoms with E-state index in [1.807, 2.05) is 6.92 Å². The molecule has 0 atom stereocenters. The summed E-state index contributed by atoms with van der Waals surface area (Å²) in [7, 11) is 0. The van der Waals surface area contributed by atoms with E-state index in [9.17, 15) is 0 Å². The van der Waals surface area contributed by atoms with Gasteiger partial charge in [-0.3, -0.25) is 0 Å². The third kappa shape index (κ3) is 2.40. The summed E-state index contributed by atoms with van der Waals surface area (Å²) in [4.78, 5) is 0. The summed E-state index contributed by atoms with van der Waals surface area (Å²) < 4.78 is 5.10. The predicted octanol–water partition coefficient (Wildman–Crippen LogP) is 2.72. The van der Waals surface area contributed by atoms with Crippen molar-refractivity contribution < 1.29 is 9.52 Å². The van der Waals surface area contributed by atoms with E-state index in [1.165, 1.54) is 0 Å². The smallest absolute Gasteiger partial charge is 0.193 e. The second kappa shape index (κ2) is 4.33. The van der Waals surface area contributed by atoms with Crippen molar-refractivity contribution in [2.45, 2.75) is 13.3 Å². The molecule has 1 rings (SSSR count). The van der Waals surface area contributed by atoms with Gasteiger partial charge < -0.3 is 9.52 Å². The van der Waals surface area contributed by atoms with Crippen molar-refractivity contribution in [1.29, 1.82) is 0 Å². The Kier molecular flexibility index (Phi) is 3.38. The molecule has 0 bridgehead atoms. The van der Waals surface area contributed by atoms with Crippen molar-refractivity contribution in [1.82, 2.24) is 0 Å². The molecule has 12 heavy (non-hydrogen) atoms. The fourth-order valence-electron chi connectivity index (χ4n) is 0.867. The summed E-state index contributed by atoms with van der Waals surface area (Å²) in [6.45, 7) is 2.04. The van der Waals surface area contributed by atoms with Crippen LogP contribution in [-0.2, 0) is 0 Å². The van der Waals surface area contributed by atoms with Crippen molar-refractivity contribution >= 4 is 17.7 Å². The monoisotopic (exact) mass is 186 g/mol. The normalized spacial score (nSPS) is 12.1. The van der Waals surface area contributed by atoms with E-state index in [2.05, 4.69) is 0 Å².